The van der Waals surface area contributed by atoms with Gasteiger partial charge in [0.25, 0.3) is 5.56 Å². The van der Waals surface area contributed by atoms with Crippen molar-refractivity contribution in [3.8, 4) is 0 Å². The van der Waals surface area contributed by atoms with Crippen molar-refractivity contribution in [1.29, 1.82) is 0 Å². The summed E-state index contributed by atoms with van der Waals surface area (Å²) in [5.41, 5.74) is 5.75. The molecule has 0 saturated carbocycles. The number of nitrogens with two attached hydrogens (primary N) is 1. The zero-order chi connectivity index (χ0) is 9.35. The Morgan fingerprint density at radius 2 is 2.08 bits per heavy atom. The Morgan fingerprint density at radius 1 is 1.50 bits per heavy atom. The smallest absolute Gasteiger partial charge is 0.268 e. The van der Waals surface area contributed by atoms with Gasteiger partial charge in [-0.3, -0.25) is 4.79 Å². The van der Waals surface area contributed by atoms with E-state index in [9.17, 15) is 4.79 Å². The molecule has 3 N–H and O–H groups in total. The van der Waals surface area contributed by atoms with Crippen LogP contribution in [0, 0.1) is 0 Å². The summed E-state index contributed by atoms with van der Waals surface area (Å²) in [5, 5.41) is 5.94. The average molecular weight is 167 g/mol. The predicted molar refractivity (Wildman–Crippen MR) is 48.0 cm³/mol. The fraction of sp³-hybridized carbons (Fsp3) is 0.500. The maximum Gasteiger partial charge on any atom is 0.268 e. The molecule has 0 unspecified atom stereocenters. The first kappa shape index (κ1) is 8.77. The van der Waals surface area contributed by atoms with Crippen LogP contribution < -0.4 is 11.3 Å². The van der Waals surface area contributed by atoms with Gasteiger partial charge in [-0.05, 0) is 11.5 Å². The van der Waals surface area contributed by atoms with E-state index < -0.39 is 0 Å². The third-order valence-corrected chi connectivity index (χ3v) is 1.63. The van der Waals surface area contributed by atoms with Crippen LogP contribution in [0.2, 0.25) is 0 Å². The number of rotatable bonds is 0. The number of nitrogens with zero attached hydrogens (tertiary/aromatic N) is 1. The highest BCUT2D eigenvalue weighted by Crippen LogP contribution is 2.18. The largest absolute Gasteiger partial charge is 0.382 e. The predicted octanol–water partition coefficient (Wildman–Crippen LogP) is 0.650. The van der Waals surface area contributed by atoms with Crippen molar-refractivity contribution in [3.63, 3.8) is 0 Å². The lowest BCUT2D eigenvalue weighted by Gasteiger charge is -2.16. The van der Waals surface area contributed by atoms with Gasteiger partial charge in [-0.25, -0.2) is 5.10 Å². The lowest BCUT2D eigenvalue weighted by molar-refractivity contribution is 0.578. The highest BCUT2D eigenvalue weighted by molar-refractivity contribution is 5.32. The number of H-pyrrole nitrogens is 1. The van der Waals surface area contributed by atoms with E-state index in [1.54, 1.807) is 6.07 Å². The molecule has 4 heteroatoms. The molecule has 0 aliphatic heterocycles. The second kappa shape index (κ2) is 2.62. The number of hydrogen-bond acceptors (Lipinski definition) is 3. The Kier molecular flexibility index (Phi) is 1.92. The Labute approximate surface area is 70.8 Å². The monoisotopic (exact) mass is 167 g/mol. The van der Waals surface area contributed by atoms with E-state index in [2.05, 4.69) is 10.2 Å². The Bertz CT molecular complexity index is 335. The molecule has 1 aromatic heterocycles. The molecule has 0 fully saturated rings. The summed E-state index contributed by atoms with van der Waals surface area (Å²) < 4.78 is 0. The average Bonchev–Trinajstić information content (AvgIpc) is 1.92. The summed E-state index contributed by atoms with van der Waals surface area (Å²) in [6, 6.07) is 1.61. The number of nitrogen functional groups attached to an aromatic ring is 1. The van der Waals surface area contributed by atoms with E-state index >= 15 is 0 Å². The highest BCUT2D eigenvalue weighted by atomic mass is 16.1. The molecule has 1 aromatic rings. The van der Waals surface area contributed by atoms with Crippen molar-refractivity contribution in [2.24, 2.45) is 0 Å². The third-order valence-electron chi connectivity index (χ3n) is 1.63. The van der Waals surface area contributed by atoms with Crippen LogP contribution in [0.25, 0.3) is 0 Å². The zero-order valence-corrected chi connectivity index (χ0v) is 7.51. The van der Waals surface area contributed by atoms with Gasteiger partial charge in [0, 0.05) is 5.56 Å². The lowest BCUT2D eigenvalue weighted by atomic mass is 9.88. The zero-order valence-electron chi connectivity index (χ0n) is 7.51. The van der Waals surface area contributed by atoms with Gasteiger partial charge < -0.3 is 5.73 Å². The first-order chi connectivity index (χ1) is 5.41. The molecule has 0 bridgehead atoms. The first-order valence-corrected chi connectivity index (χ1v) is 3.77. The van der Waals surface area contributed by atoms with Crippen LogP contribution in [0.4, 0.5) is 5.82 Å². The minimum absolute atomic E-state index is 0.170. The van der Waals surface area contributed by atoms with Gasteiger partial charge in [0.2, 0.25) is 0 Å². The number of aromatic nitrogens is 2. The van der Waals surface area contributed by atoms with Crippen LogP contribution in [0.15, 0.2) is 10.9 Å². The van der Waals surface area contributed by atoms with E-state index in [4.69, 9.17) is 5.73 Å². The van der Waals surface area contributed by atoms with Crippen LogP contribution >= 0.6 is 0 Å². The highest BCUT2D eigenvalue weighted by Gasteiger charge is 2.17. The van der Waals surface area contributed by atoms with Gasteiger partial charge in [-0.15, -0.1) is 0 Å². The SMILES string of the molecule is CC(C)(C)c1cc(N)n[nH]c1=O. The lowest BCUT2D eigenvalue weighted by Crippen LogP contribution is -2.25. The normalized spacial score (nSPS) is 11.6. The second-order valence-corrected chi connectivity index (χ2v) is 3.79. The molecule has 0 radical (unpaired) electrons. The summed E-state index contributed by atoms with van der Waals surface area (Å²) in [5.74, 6) is 0.347. The number of aromatic amines is 1. The second-order valence-electron chi connectivity index (χ2n) is 3.79. The van der Waals surface area contributed by atoms with E-state index in [1.165, 1.54) is 0 Å². The number of hydrogen-bond donors (Lipinski definition) is 2. The molecule has 0 aliphatic carbocycles. The molecule has 1 rings (SSSR count). The molecule has 12 heavy (non-hydrogen) atoms. The number of anilines is 1. The third kappa shape index (κ3) is 1.64. The molecule has 1 heterocycles. The standard InChI is InChI=1S/C8H13N3O/c1-8(2,3)5-4-6(9)10-11-7(5)12/h4H,1-3H3,(H2,9,10)(H,11,12). The van der Waals surface area contributed by atoms with E-state index in [0.29, 0.717) is 11.4 Å². The summed E-state index contributed by atoms with van der Waals surface area (Å²) in [7, 11) is 0. The Balaban J connectivity index is 3.33. The van der Waals surface area contributed by atoms with Crippen molar-refractivity contribution in [1.82, 2.24) is 10.2 Å². The van der Waals surface area contributed by atoms with Crippen molar-refractivity contribution >= 4 is 5.82 Å². The molecule has 0 aliphatic rings. The van der Waals surface area contributed by atoms with Gasteiger partial charge in [-0.1, -0.05) is 20.8 Å². The summed E-state index contributed by atoms with van der Waals surface area (Å²) in [6.45, 7) is 5.87. The van der Waals surface area contributed by atoms with Crippen molar-refractivity contribution in [2.45, 2.75) is 26.2 Å². The quantitative estimate of drug-likeness (QED) is 0.596. The minimum Gasteiger partial charge on any atom is -0.382 e. The molecule has 4 nitrogen and oxygen atoms in total. The molecule has 0 atom stereocenters. The molecular formula is C8H13N3O. The van der Waals surface area contributed by atoms with E-state index in [1.807, 2.05) is 20.8 Å². The molecule has 0 saturated heterocycles. The van der Waals surface area contributed by atoms with Gasteiger partial charge >= 0.3 is 0 Å². The maximum atomic E-state index is 11.2. The molecule has 0 amide bonds. The van der Waals surface area contributed by atoms with Crippen molar-refractivity contribution < 1.29 is 0 Å². The Hall–Kier alpha value is -1.32. The van der Waals surface area contributed by atoms with E-state index in [0.717, 1.165) is 0 Å². The number of nitrogens with one attached hydrogen (secondary N) is 1. The maximum absolute atomic E-state index is 11.2. The minimum atomic E-state index is -0.190. The van der Waals surface area contributed by atoms with Crippen molar-refractivity contribution in [2.75, 3.05) is 5.73 Å². The van der Waals surface area contributed by atoms with Gasteiger partial charge in [0.1, 0.15) is 5.82 Å². The topological polar surface area (TPSA) is 71.8 Å². The van der Waals surface area contributed by atoms with Crippen LogP contribution in [0.3, 0.4) is 0 Å². The first-order valence-electron chi connectivity index (χ1n) is 3.77. The van der Waals surface area contributed by atoms with Gasteiger partial charge in [0.15, 0.2) is 0 Å². The van der Waals surface area contributed by atoms with Crippen LogP contribution in [0.5, 0.6) is 0 Å². The Morgan fingerprint density at radius 3 is 2.50 bits per heavy atom. The molecular weight excluding hydrogens is 154 g/mol. The fourth-order valence-corrected chi connectivity index (χ4v) is 0.978. The molecule has 66 valence electrons. The van der Waals surface area contributed by atoms with Gasteiger partial charge in [0.05, 0.1) is 0 Å². The molecule has 0 aromatic carbocycles. The fourth-order valence-electron chi connectivity index (χ4n) is 0.978. The molecule has 0 spiro atoms. The van der Waals surface area contributed by atoms with Crippen LogP contribution in [-0.2, 0) is 5.41 Å². The van der Waals surface area contributed by atoms with E-state index in [-0.39, 0.29) is 11.0 Å². The summed E-state index contributed by atoms with van der Waals surface area (Å²) in [4.78, 5) is 11.2. The van der Waals surface area contributed by atoms with Crippen molar-refractivity contribution in [3.05, 3.63) is 22.0 Å². The van der Waals surface area contributed by atoms with Gasteiger partial charge in [-0.2, -0.15) is 5.10 Å². The van der Waals surface area contributed by atoms with Crippen LogP contribution in [-0.4, -0.2) is 10.2 Å². The summed E-state index contributed by atoms with van der Waals surface area (Å²) in [6.07, 6.45) is 0. The van der Waals surface area contributed by atoms with Crippen LogP contribution in [0.1, 0.15) is 26.3 Å². The summed E-state index contributed by atoms with van der Waals surface area (Å²) >= 11 is 0.